The van der Waals surface area contributed by atoms with Gasteiger partial charge in [0.2, 0.25) is 0 Å². The number of ether oxygens (including phenoxy) is 4. The molecule has 1 aromatic heterocycles. The lowest BCUT2D eigenvalue weighted by atomic mass is 9.35. The van der Waals surface area contributed by atoms with Crippen molar-refractivity contribution in [2.24, 2.45) is 0 Å². The van der Waals surface area contributed by atoms with Gasteiger partial charge in [0.1, 0.15) is 46.0 Å². The molecule has 1 aliphatic carbocycles. The molecule has 0 saturated heterocycles. The molecule has 0 spiro atoms. The summed E-state index contributed by atoms with van der Waals surface area (Å²) in [5.41, 5.74) is 23.6. The van der Waals surface area contributed by atoms with E-state index in [0.717, 1.165) is 140 Å². The third kappa shape index (κ3) is 6.30. The molecule has 0 amide bonds. The quantitative estimate of drug-likeness (QED) is 0.161. The van der Waals surface area contributed by atoms with Gasteiger partial charge in [-0.05, 0) is 144 Å². The van der Waals surface area contributed by atoms with Gasteiger partial charge in [0, 0.05) is 43.9 Å². The monoisotopic (exact) mass is 1050 g/mol. The van der Waals surface area contributed by atoms with Crippen LogP contribution < -0.4 is 51.7 Å². The van der Waals surface area contributed by atoms with Gasteiger partial charge in [-0.15, -0.1) is 0 Å². The Bertz CT molecular complexity index is 4800. The average molecular weight is 1050 g/mol. The van der Waals surface area contributed by atoms with E-state index in [-0.39, 0.29) is 18.8 Å². The maximum Gasteiger partial charge on any atom is 0.260 e. The van der Waals surface area contributed by atoms with Gasteiger partial charge in [-0.1, -0.05) is 196 Å². The molecule has 18 rings (SSSR count). The van der Waals surface area contributed by atoms with Crippen molar-refractivity contribution in [1.82, 2.24) is 4.57 Å². The van der Waals surface area contributed by atoms with Crippen LogP contribution in [0.1, 0.15) is 25.0 Å². The molecule has 0 bridgehead atoms. The molecule has 4 aliphatic heterocycles. The Morgan fingerprint density at radius 3 is 1.22 bits per heavy atom. The van der Waals surface area contributed by atoms with Gasteiger partial charge in [-0.2, -0.15) is 0 Å². The number of para-hydroxylation sites is 6. The summed E-state index contributed by atoms with van der Waals surface area (Å²) in [6, 6.07) is 89.9. The van der Waals surface area contributed by atoms with E-state index >= 15 is 0 Å². The van der Waals surface area contributed by atoms with Crippen LogP contribution in [0.3, 0.4) is 0 Å². The molecule has 13 aromatic rings. The molecule has 5 aliphatic rings. The van der Waals surface area contributed by atoms with Gasteiger partial charge in [0.25, 0.3) is 13.4 Å². The Balaban J connectivity index is 0.903. The standard InChI is InChI=1S/C75H47B2NO4/c1-75(2)56-30-11-10-27-51(56)54-43-55(50-26-9-7-24-48(50)45-41-67-72-68(42-45)82-64-38-19-15-34-60(64)77(72)59-33-14-18-37-63(59)81-67)74-69(70(54)75)53-29-20-28-52(73(53)78(74)46-21-4-3-5-22-46)49-25-8-6-23-47(49)44-39-65-71-66(40-44)80-62-36-17-13-32-58(62)76(71)57-31-12-16-35-61(57)79-65/h3-43H,1-2H3. The molecule has 0 atom stereocenters. The Morgan fingerprint density at radius 1 is 0.317 bits per heavy atom. The van der Waals surface area contributed by atoms with Gasteiger partial charge in [0.15, 0.2) is 0 Å². The summed E-state index contributed by atoms with van der Waals surface area (Å²) < 4.78 is 30.2. The van der Waals surface area contributed by atoms with Gasteiger partial charge in [0.05, 0.1) is 11.0 Å². The summed E-state index contributed by atoms with van der Waals surface area (Å²) >= 11 is 0. The fourth-order valence-electron chi connectivity index (χ4n) is 14.8. The lowest BCUT2D eigenvalue weighted by Crippen LogP contribution is -2.57. The molecule has 0 saturated carbocycles. The number of fused-ring (bicyclic) bond motifs is 15. The molecule has 0 fully saturated rings. The van der Waals surface area contributed by atoms with E-state index in [1.165, 1.54) is 33.0 Å². The molecule has 12 aromatic carbocycles. The van der Waals surface area contributed by atoms with Crippen molar-refractivity contribution in [3.05, 3.63) is 260 Å². The highest BCUT2D eigenvalue weighted by Crippen LogP contribution is 2.57. The second kappa shape index (κ2) is 16.9. The topological polar surface area (TPSA) is 41.9 Å². The Hall–Kier alpha value is -10.2. The van der Waals surface area contributed by atoms with Crippen LogP contribution in [0.25, 0.3) is 83.1 Å². The SMILES string of the molecule is CC1(C)c2ccccc2-c2cc(-c3ccccc3-c3cc4c5c(c3)Oc3ccccc3B5c3ccccc3O4)c3c(c21)c1cccc(-c2ccccc2-c2cc4c5c(c2)Oc2ccccc2B5c2ccccc2O4)c1n3-c1ccccc1. The highest BCUT2D eigenvalue weighted by Gasteiger charge is 2.44. The van der Waals surface area contributed by atoms with Crippen LogP contribution in [0.2, 0.25) is 0 Å². The van der Waals surface area contributed by atoms with E-state index < -0.39 is 0 Å². The van der Waals surface area contributed by atoms with Crippen molar-refractivity contribution in [2.45, 2.75) is 19.3 Å². The minimum Gasteiger partial charge on any atom is -0.458 e. The van der Waals surface area contributed by atoms with Crippen LogP contribution in [0.15, 0.2) is 249 Å². The molecule has 0 unspecified atom stereocenters. The lowest BCUT2D eigenvalue weighted by Gasteiger charge is -2.33. The van der Waals surface area contributed by atoms with Gasteiger partial charge >= 0.3 is 0 Å². The number of hydrogen-bond donors (Lipinski definition) is 0. The van der Waals surface area contributed by atoms with Crippen LogP contribution in [-0.4, -0.2) is 18.0 Å². The van der Waals surface area contributed by atoms with Gasteiger partial charge < -0.3 is 23.5 Å². The molecular weight excluding hydrogens is 1000 g/mol. The Labute approximate surface area is 475 Å². The first-order valence-corrected chi connectivity index (χ1v) is 28.4. The molecule has 5 heterocycles. The molecule has 0 N–H and O–H groups in total. The predicted molar refractivity (Wildman–Crippen MR) is 335 cm³/mol. The minimum absolute atomic E-state index is 0.0138. The summed E-state index contributed by atoms with van der Waals surface area (Å²) in [5.74, 6) is 6.73. The Kier molecular flexibility index (Phi) is 9.40. The maximum atomic E-state index is 6.93. The van der Waals surface area contributed by atoms with Crippen molar-refractivity contribution >= 4 is 68.0 Å². The van der Waals surface area contributed by atoms with Crippen molar-refractivity contribution in [3.63, 3.8) is 0 Å². The fraction of sp³-hybridized carbons (Fsp3) is 0.0400. The maximum absolute atomic E-state index is 6.93. The molecule has 82 heavy (non-hydrogen) atoms. The zero-order valence-corrected chi connectivity index (χ0v) is 44.9. The molecule has 0 radical (unpaired) electrons. The molecule has 7 heteroatoms. The van der Waals surface area contributed by atoms with E-state index in [2.05, 4.69) is 267 Å². The first kappa shape index (κ1) is 45.6. The summed E-state index contributed by atoms with van der Waals surface area (Å²) in [6.45, 7) is 4.78. The zero-order chi connectivity index (χ0) is 53.9. The number of hydrogen-bond acceptors (Lipinski definition) is 4. The normalized spacial score (nSPS) is 13.9. The predicted octanol–water partition coefficient (Wildman–Crippen LogP) is 15.2. The summed E-state index contributed by atoms with van der Waals surface area (Å²) in [4.78, 5) is 0. The van der Waals surface area contributed by atoms with E-state index in [1.54, 1.807) is 0 Å². The Morgan fingerprint density at radius 2 is 0.720 bits per heavy atom. The van der Waals surface area contributed by atoms with Crippen LogP contribution in [0.4, 0.5) is 0 Å². The second-order valence-corrected chi connectivity index (χ2v) is 22.9. The molecular formula is C75H47B2NO4. The largest absolute Gasteiger partial charge is 0.458 e. The van der Waals surface area contributed by atoms with Gasteiger partial charge in [-0.3, -0.25) is 0 Å². The number of nitrogens with zero attached hydrogens (tertiary/aromatic N) is 1. The van der Waals surface area contributed by atoms with E-state index in [9.17, 15) is 0 Å². The summed E-state index contributed by atoms with van der Waals surface area (Å²) in [5, 5.41) is 2.43. The van der Waals surface area contributed by atoms with Crippen LogP contribution in [0, 0.1) is 0 Å². The zero-order valence-electron chi connectivity index (χ0n) is 44.9. The summed E-state index contributed by atoms with van der Waals surface area (Å²) in [6.07, 6.45) is 0. The average Bonchev–Trinajstić information content (AvgIpc) is 1.84. The van der Waals surface area contributed by atoms with Gasteiger partial charge in [-0.25, -0.2) is 0 Å². The number of rotatable bonds is 5. The smallest absolute Gasteiger partial charge is 0.260 e. The van der Waals surface area contributed by atoms with Crippen molar-refractivity contribution in [3.8, 4) is 107 Å². The lowest BCUT2D eigenvalue weighted by molar-refractivity contribution is 0.464. The summed E-state index contributed by atoms with van der Waals surface area (Å²) in [7, 11) is 0. The molecule has 382 valence electrons. The molecule has 5 nitrogen and oxygen atoms in total. The first-order valence-electron chi connectivity index (χ1n) is 28.4. The highest BCUT2D eigenvalue weighted by atomic mass is 16.5. The van der Waals surface area contributed by atoms with Crippen LogP contribution in [-0.2, 0) is 5.41 Å². The van der Waals surface area contributed by atoms with Crippen molar-refractivity contribution in [2.75, 3.05) is 0 Å². The van der Waals surface area contributed by atoms with E-state index in [4.69, 9.17) is 18.9 Å². The fourth-order valence-corrected chi connectivity index (χ4v) is 14.8. The first-order chi connectivity index (χ1) is 40.4. The second-order valence-electron chi connectivity index (χ2n) is 22.9. The number of benzene rings is 12. The third-order valence-corrected chi connectivity index (χ3v) is 18.2. The minimum atomic E-state index is -0.329. The van der Waals surface area contributed by atoms with E-state index in [1.807, 2.05) is 0 Å². The van der Waals surface area contributed by atoms with Crippen LogP contribution >= 0.6 is 0 Å². The number of aromatic nitrogens is 1. The van der Waals surface area contributed by atoms with Crippen molar-refractivity contribution in [1.29, 1.82) is 0 Å². The third-order valence-electron chi connectivity index (χ3n) is 18.2. The van der Waals surface area contributed by atoms with Crippen LogP contribution in [0.5, 0.6) is 46.0 Å². The highest BCUT2D eigenvalue weighted by molar-refractivity contribution is 6.99. The van der Waals surface area contributed by atoms with E-state index in [0.29, 0.717) is 0 Å². The van der Waals surface area contributed by atoms with Crippen molar-refractivity contribution < 1.29 is 18.9 Å².